The molecule has 2 aromatic rings. The summed E-state index contributed by atoms with van der Waals surface area (Å²) in [5, 5.41) is 5.34. The molecule has 0 unspecified atom stereocenters. The Balaban J connectivity index is 1.68. The van der Waals surface area contributed by atoms with Crippen molar-refractivity contribution in [1.29, 1.82) is 0 Å². The Morgan fingerprint density at radius 2 is 2.24 bits per heavy atom. The topological polar surface area (TPSA) is 60.5 Å². The number of anilines is 1. The molecule has 0 aliphatic carbocycles. The number of thiazole rings is 1. The molecule has 1 aromatic carbocycles. The molecule has 21 heavy (non-hydrogen) atoms. The average Bonchev–Trinajstić information content (AvgIpc) is 3.19. The fourth-order valence-corrected chi connectivity index (χ4v) is 2.92. The van der Waals surface area contributed by atoms with E-state index in [1.54, 1.807) is 7.11 Å². The van der Waals surface area contributed by atoms with E-state index in [1.165, 1.54) is 11.3 Å². The Kier molecular flexibility index (Phi) is 4.17. The number of carbonyl (C=O) groups excluding carboxylic acids is 1. The zero-order chi connectivity index (χ0) is 14.7. The number of nitrogens with one attached hydrogen (secondary N) is 1. The minimum atomic E-state index is -0.335. The lowest BCUT2D eigenvalue weighted by Gasteiger charge is -2.07. The number of nitrogens with zero attached hydrogens (tertiary/aromatic N) is 1. The molecule has 110 valence electrons. The van der Waals surface area contributed by atoms with Crippen molar-refractivity contribution < 1.29 is 14.3 Å². The van der Waals surface area contributed by atoms with Gasteiger partial charge in [-0.25, -0.2) is 4.98 Å². The van der Waals surface area contributed by atoms with Gasteiger partial charge in [0, 0.05) is 17.6 Å². The first kappa shape index (κ1) is 14.0. The van der Waals surface area contributed by atoms with Crippen LogP contribution in [0.1, 0.15) is 12.8 Å². The maximum absolute atomic E-state index is 12.0. The highest BCUT2D eigenvalue weighted by Crippen LogP contribution is 2.27. The second-order valence-electron chi connectivity index (χ2n) is 4.76. The molecule has 5 nitrogen and oxygen atoms in total. The molecule has 3 rings (SSSR count). The summed E-state index contributed by atoms with van der Waals surface area (Å²) in [5.74, 6) is 0.698. The summed E-state index contributed by atoms with van der Waals surface area (Å²) < 4.78 is 10.5. The molecule has 0 saturated carbocycles. The third kappa shape index (κ3) is 3.22. The normalized spacial score (nSPS) is 17.7. The van der Waals surface area contributed by atoms with Gasteiger partial charge in [0.1, 0.15) is 11.9 Å². The van der Waals surface area contributed by atoms with Crippen LogP contribution < -0.4 is 10.1 Å². The molecule has 1 N–H and O–H groups in total. The fourth-order valence-electron chi connectivity index (χ4n) is 2.20. The molecular formula is C15H16N2O3S. The first-order chi connectivity index (χ1) is 10.3. The molecule has 0 spiro atoms. The van der Waals surface area contributed by atoms with Crippen LogP contribution in [0.25, 0.3) is 11.3 Å². The zero-order valence-electron chi connectivity index (χ0n) is 11.7. The Morgan fingerprint density at radius 1 is 1.43 bits per heavy atom. The molecular weight excluding hydrogens is 288 g/mol. The van der Waals surface area contributed by atoms with Crippen molar-refractivity contribution >= 4 is 22.4 Å². The highest BCUT2D eigenvalue weighted by Gasteiger charge is 2.24. The van der Waals surface area contributed by atoms with E-state index in [0.29, 0.717) is 11.7 Å². The largest absolute Gasteiger partial charge is 0.497 e. The standard InChI is InChI=1S/C15H16N2O3S/c1-19-11-6-4-10(5-7-11)12-9-21-15(16-12)17-14(18)13-3-2-8-20-13/h4-7,9,13H,2-3,8H2,1H3,(H,16,17,18)/t13-/m0/s1. The van der Waals surface area contributed by atoms with Gasteiger partial charge in [0.2, 0.25) is 0 Å². The summed E-state index contributed by atoms with van der Waals surface area (Å²) in [7, 11) is 1.64. The molecule has 0 radical (unpaired) electrons. The molecule has 1 aromatic heterocycles. The van der Waals surface area contributed by atoms with Crippen molar-refractivity contribution in [3.8, 4) is 17.0 Å². The lowest BCUT2D eigenvalue weighted by Crippen LogP contribution is -2.26. The molecule has 1 amide bonds. The molecule has 1 aliphatic heterocycles. The van der Waals surface area contributed by atoms with E-state index in [-0.39, 0.29) is 12.0 Å². The van der Waals surface area contributed by atoms with E-state index in [0.717, 1.165) is 29.8 Å². The highest BCUT2D eigenvalue weighted by molar-refractivity contribution is 7.14. The van der Waals surface area contributed by atoms with Crippen molar-refractivity contribution in [2.24, 2.45) is 0 Å². The van der Waals surface area contributed by atoms with Crippen molar-refractivity contribution in [1.82, 2.24) is 4.98 Å². The van der Waals surface area contributed by atoms with Crippen LogP contribution in [0, 0.1) is 0 Å². The Hall–Kier alpha value is -1.92. The SMILES string of the molecule is COc1ccc(-c2csc(NC(=O)[C@@H]3CCCO3)n2)cc1. The number of carbonyl (C=O) groups is 1. The first-order valence-corrected chi connectivity index (χ1v) is 7.66. The smallest absolute Gasteiger partial charge is 0.255 e. The predicted octanol–water partition coefficient (Wildman–Crippen LogP) is 2.94. The number of methoxy groups -OCH3 is 1. The zero-order valence-corrected chi connectivity index (χ0v) is 12.5. The van der Waals surface area contributed by atoms with Crippen molar-refractivity contribution in [3.63, 3.8) is 0 Å². The minimum absolute atomic E-state index is 0.108. The summed E-state index contributed by atoms with van der Waals surface area (Å²) >= 11 is 1.41. The van der Waals surface area contributed by atoms with E-state index in [9.17, 15) is 4.79 Å². The Bertz CT molecular complexity index is 618. The quantitative estimate of drug-likeness (QED) is 0.943. The number of hydrogen-bond acceptors (Lipinski definition) is 5. The predicted molar refractivity (Wildman–Crippen MR) is 81.7 cm³/mol. The number of ether oxygens (including phenoxy) is 2. The molecule has 1 aliphatic rings. The van der Waals surface area contributed by atoms with Gasteiger partial charge in [-0.3, -0.25) is 10.1 Å². The van der Waals surface area contributed by atoms with Gasteiger partial charge >= 0.3 is 0 Å². The second-order valence-corrected chi connectivity index (χ2v) is 5.62. The Labute approximate surface area is 126 Å². The second kappa shape index (κ2) is 6.24. The van der Waals surface area contributed by atoms with Gasteiger partial charge in [-0.15, -0.1) is 11.3 Å². The van der Waals surface area contributed by atoms with Gasteiger partial charge in [0.15, 0.2) is 5.13 Å². The molecule has 2 heterocycles. The van der Waals surface area contributed by atoms with E-state index in [1.807, 2.05) is 29.6 Å². The first-order valence-electron chi connectivity index (χ1n) is 6.78. The number of rotatable bonds is 4. The van der Waals surface area contributed by atoms with Crippen LogP contribution in [0.4, 0.5) is 5.13 Å². The van der Waals surface area contributed by atoms with Crippen molar-refractivity contribution in [2.75, 3.05) is 19.0 Å². The third-order valence-corrected chi connectivity index (χ3v) is 4.10. The summed E-state index contributed by atoms with van der Waals surface area (Å²) in [6, 6.07) is 7.66. The maximum Gasteiger partial charge on any atom is 0.255 e. The van der Waals surface area contributed by atoms with E-state index < -0.39 is 0 Å². The van der Waals surface area contributed by atoms with E-state index >= 15 is 0 Å². The molecule has 1 fully saturated rings. The van der Waals surface area contributed by atoms with Crippen LogP contribution in [0.3, 0.4) is 0 Å². The minimum Gasteiger partial charge on any atom is -0.497 e. The number of amides is 1. The van der Waals surface area contributed by atoms with E-state index in [2.05, 4.69) is 10.3 Å². The van der Waals surface area contributed by atoms with Gasteiger partial charge in [-0.05, 0) is 37.1 Å². The molecule has 1 saturated heterocycles. The number of hydrogen-bond donors (Lipinski definition) is 1. The van der Waals surface area contributed by atoms with Crippen molar-refractivity contribution in [3.05, 3.63) is 29.6 Å². The summed E-state index contributed by atoms with van der Waals surface area (Å²) in [6.07, 6.45) is 1.38. The fraction of sp³-hybridized carbons (Fsp3) is 0.333. The third-order valence-electron chi connectivity index (χ3n) is 3.34. The van der Waals surface area contributed by atoms with Gasteiger partial charge in [-0.1, -0.05) is 0 Å². The van der Waals surface area contributed by atoms with Crippen LogP contribution in [0.2, 0.25) is 0 Å². The van der Waals surface area contributed by atoms with Crippen LogP contribution in [-0.4, -0.2) is 30.7 Å². The lowest BCUT2D eigenvalue weighted by atomic mass is 10.2. The summed E-state index contributed by atoms with van der Waals surface area (Å²) in [6.45, 7) is 0.660. The van der Waals surface area contributed by atoms with Gasteiger partial charge in [-0.2, -0.15) is 0 Å². The van der Waals surface area contributed by atoms with Crippen LogP contribution in [0.5, 0.6) is 5.75 Å². The van der Waals surface area contributed by atoms with Crippen LogP contribution >= 0.6 is 11.3 Å². The van der Waals surface area contributed by atoms with Gasteiger partial charge in [0.25, 0.3) is 5.91 Å². The summed E-state index contributed by atoms with van der Waals surface area (Å²) in [5.41, 5.74) is 1.83. The number of aromatic nitrogens is 1. The van der Waals surface area contributed by atoms with Crippen LogP contribution in [0.15, 0.2) is 29.6 Å². The van der Waals surface area contributed by atoms with Gasteiger partial charge < -0.3 is 9.47 Å². The molecule has 0 bridgehead atoms. The van der Waals surface area contributed by atoms with Crippen molar-refractivity contribution in [2.45, 2.75) is 18.9 Å². The maximum atomic E-state index is 12.0. The molecule has 6 heteroatoms. The van der Waals surface area contributed by atoms with E-state index in [4.69, 9.17) is 9.47 Å². The highest BCUT2D eigenvalue weighted by atomic mass is 32.1. The summed E-state index contributed by atoms with van der Waals surface area (Å²) in [4.78, 5) is 16.4. The molecule has 1 atom stereocenters. The Morgan fingerprint density at radius 3 is 2.90 bits per heavy atom. The number of benzene rings is 1. The average molecular weight is 304 g/mol. The van der Waals surface area contributed by atoms with Crippen LogP contribution in [-0.2, 0) is 9.53 Å². The van der Waals surface area contributed by atoms with Gasteiger partial charge in [0.05, 0.1) is 12.8 Å². The lowest BCUT2D eigenvalue weighted by molar-refractivity contribution is -0.124. The monoisotopic (exact) mass is 304 g/mol.